The van der Waals surface area contributed by atoms with Crippen LogP contribution in [0.3, 0.4) is 0 Å². The van der Waals surface area contributed by atoms with Gasteiger partial charge in [-0.05, 0) is 38.5 Å². The minimum absolute atomic E-state index is 0.699. The van der Waals surface area contributed by atoms with Crippen molar-refractivity contribution in [2.75, 3.05) is 13.7 Å². The van der Waals surface area contributed by atoms with Crippen LogP contribution in [-0.4, -0.2) is 23.5 Å². The summed E-state index contributed by atoms with van der Waals surface area (Å²) in [6.45, 7) is 1.50. The first kappa shape index (κ1) is 9.47. The minimum Gasteiger partial charge on any atom is -0.383 e. The van der Waals surface area contributed by atoms with Crippen LogP contribution in [0.15, 0.2) is 10.7 Å². The molecule has 0 aliphatic carbocycles. The van der Waals surface area contributed by atoms with Crippen molar-refractivity contribution in [2.24, 2.45) is 0 Å². The zero-order chi connectivity index (χ0) is 8.27. The van der Waals surface area contributed by atoms with E-state index in [4.69, 9.17) is 4.74 Å². The van der Waals surface area contributed by atoms with Gasteiger partial charge in [0.25, 0.3) is 0 Å². The van der Waals surface area contributed by atoms with E-state index in [1.54, 1.807) is 7.11 Å². The largest absolute Gasteiger partial charge is 0.383 e. The lowest BCUT2D eigenvalue weighted by atomic mass is 10.7. The van der Waals surface area contributed by atoms with Crippen molar-refractivity contribution in [3.63, 3.8) is 0 Å². The number of rotatable bonds is 3. The maximum absolute atomic E-state index is 4.92. The molecule has 0 radical (unpaired) electrons. The second-order valence-corrected chi connectivity index (χ2v) is 3.90. The lowest BCUT2D eigenvalue weighted by Gasteiger charge is -1.97. The van der Waals surface area contributed by atoms with Gasteiger partial charge < -0.3 is 4.74 Å². The Kier molecular flexibility index (Phi) is 3.80. The van der Waals surface area contributed by atoms with E-state index in [0.29, 0.717) is 6.61 Å². The highest BCUT2D eigenvalue weighted by Crippen LogP contribution is 2.16. The maximum atomic E-state index is 4.92. The third-order valence-corrected chi connectivity index (χ3v) is 3.32. The highest BCUT2D eigenvalue weighted by atomic mass is 127. The summed E-state index contributed by atoms with van der Waals surface area (Å²) in [5.74, 6) is 0. The lowest BCUT2D eigenvalue weighted by molar-refractivity contribution is 0.183. The predicted molar refractivity (Wildman–Crippen MR) is 54.5 cm³/mol. The van der Waals surface area contributed by atoms with Gasteiger partial charge in [0.1, 0.15) is 3.70 Å². The average molecular weight is 331 g/mol. The smallest absolute Gasteiger partial charge is 0.137 e. The summed E-state index contributed by atoms with van der Waals surface area (Å²) in [5, 5.41) is 4.22. The molecule has 0 amide bonds. The highest BCUT2D eigenvalue weighted by molar-refractivity contribution is 14.1. The molecule has 1 aromatic rings. The Balaban J connectivity index is 2.58. The van der Waals surface area contributed by atoms with Crippen molar-refractivity contribution in [1.82, 2.24) is 9.78 Å². The van der Waals surface area contributed by atoms with Crippen molar-refractivity contribution >= 4 is 38.5 Å². The lowest BCUT2D eigenvalue weighted by Crippen LogP contribution is -2.04. The Bertz CT molecular complexity index is 219. The van der Waals surface area contributed by atoms with Gasteiger partial charge in [-0.1, -0.05) is 0 Å². The molecule has 0 aromatic carbocycles. The van der Waals surface area contributed by atoms with Crippen molar-refractivity contribution in [2.45, 2.75) is 6.54 Å². The number of hydrogen-bond donors (Lipinski definition) is 0. The molecule has 3 nitrogen and oxygen atoms in total. The minimum atomic E-state index is 0.699. The van der Waals surface area contributed by atoms with Gasteiger partial charge in [0, 0.05) is 13.3 Å². The maximum Gasteiger partial charge on any atom is 0.137 e. The standard InChI is InChI=1S/C6H8BrIN2O/c1-11-3-2-10-4-5(7)6(8)9-10/h4H,2-3H2,1H3. The number of nitrogens with zero attached hydrogens (tertiary/aromatic N) is 2. The summed E-state index contributed by atoms with van der Waals surface area (Å²) in [6, 6.07) is 0. The van der Waals surface area contributed by atoms with Gasteiger partial charge in [0.15, 0.2) is 0 Å². The van der Waals surface area contributed by atoms with E-state index < -0.39 is 0 Å². The second-order valence-electron chi connectivity index (χ2n) is 2.02. The van der Waals surface area contributed by atoms with Gasteiger partial charge >= 0.3 is 0 Å². The van der Waals surface area contributed by atoms with Crippen molar-refractivity contribution in [3.8, 4) is 0 Å². The van der Waals surface area contributed by atoms with Crippen LogP contribution in [0.5, 0.6) is 0 Å². The second kappa shape index (κ2) is 4.42. The predicted octanol–water partition coefficient (Wildman–Crippen LogP) is 1.90. The fourth-order valence-electron chi connectivity index (χ4n) is 0.673. The molecular formula is C6H8BrIN2O. The first-order valence-electron chi connectivity index (χ1n) is 3.11. The van der Waals surface area contributed by atoms with Gasteiger partial charge in [0.05, 0.1) is 17.6 Å². The Labute approximate surface area is 87.4 Å². The number of halogens is 2. The summed E-state index contributed by atoms with van der Waals surface area (Å²) < 4.78 is 8.79. The quantitative estimate of drug-likeness (QED) is 0.791. The van der Waals surface area contributed by atoms with Gasteiger partial charge in [-0.3, -0.25) is 4.68 Å². The number of hydrogen-bond acceptors (Lipinski definition) is 2. The summed E-state index contributed by atoms with van der Waals surface area (Å²) in [5.41, 5.74) is 0. The van der Waals surface area contributed by atoms with Crippen LogP contribution in [0.1, 0.15) is 0 Å². The Morgan fingerprint density at radius 3 is 3.00 bits per heavy atom. The molecule has 62 valence electrons. The Morgan fingerprint density at radius 1 is 1.82 bits per heavy atom. The average Bonchev–Trinajstić information content (AvgIpc) is 2.28. The number of aromatic nitrogens is 2. The molecule has 0 bridgehead atoms. The molecule has 5 heteroatoms. The molecule has 0 saturated carbocycles. The van der Waals surface area contributed by atoms with Crippen LogP contribution in [-0.2, 0) is 11.3 Å². The van der Waals surface area contributed by atoms with E-state index >= 15 is 0 Å². The summed E-state index contributed by atoms with van der Waals surface area (Å²) in [4.78, 5) is 0. The first-order valence-corrected chi connectivity index (χ1v) is 4.98. The third kappa shape index (κ3) is 2.72. The SMILES string of the molecule is COCCn1cc(Br)c(I)n1. The van der Waals surface area contributed by atoms with Crippen LogP contribution >= 0.6 is 38.5 Å². The first-order chi connectivity index (χ1) is 5.24. The van der Waals surface area contributed by atoms with Crippen LogP contribution in [0.2, 0.25) is 0 Å². The molecule has 0 fully saturated rings. The monoisotopic (exact) mass is 330 g/mol. The zero-order valence-electron chi connectivity index (χ0n) is 6.05. The molecule has 0 saturated heterocycles. The Hall–Kier alpha value is 0.380. The van der Waals surface area contributed by atoms with E-state index in [0.717, 1.165) is 14.7 Å². The molecule has 1 heterocycles. The van der Waals surface area contributed by atoms with Gasteiger partial charge in [0.2, 0.25) is 0 Å². The van der Waals surface area contributed by atoms with Gasteiger partial charge in [-0.25, -0.2) is 0 Å². The molecule has 0 N–H and O–H groups in total. The van der Waals surface area contributed by atoms with E-state index in [1.165, 1.54) is 0 Å². The highest BCUT2D eigenvalue weighted by Gasteiger charge is 2.01. The third-order valence-electron chi connectivity index (χ3n) is 1.20. The van der Waals surface area contributed by atoms with Gasteiger partial charge in [-0.2, -0.15) is 5.10 Å². The Morgan fingerprint density at radius 2 is 2.55 bits per heavy atom. The van der Waals surface area contributed by atoms with E-state index in [1.807, 2.05) is 10.9 Å². The van der Waals surface area contributed by atoms with Crippen LogP contribution in [0, 0.1) is 3.70 Å². The molecule has 1 aromatic heterocycles. The van der Waals surface area contributed by atoms with Crippen molar-refractivity contribution in [1.29, 1.82) is 0 Å². The zero-order valence-corrected chi connectivity index (χ0v) is 9.79. The molecule has 11 heavy (non-hydrogen) atoms. The van der Waals surface area contributed by atoms with E-state index in [2.05, 4.69) is 43.6 Å². The normalized spacial score (nSPS) is 10.5. The summed E-state index contributed by atoms with van der Waals surface area (Å²) >= 11 is 5.55. The van der Waals surface area contributed by atoms with Crippen LogP contribution in [0.4, 0.5) is 0 Å². The number of methoxy groups -OCH3 is 1. The number of ether oxygens (including phenoxy) is 1. The molecule has 0 atom stereocenters. The fourth-order valence-corrected chi connectivity index (χ4v) is 1.40. The van der Waals surface area contributed by atoms with Crippen molar-refractivity contribution in [3.05, 3.63) is 14.4 Å². The van der Waals surface area contributed by atoms with Crippen molar-refractivity contribution < 1.29 is 4.74 Å². The molecule has 1 rings (SSSR count). The fraction of sp³-hybridized carbons (Fsp3) is 0.500. The van der Waals surface area contributed by atoms with Crippen LogP contribution < -0.4 is 0 Å². The van der Waals surface area contributed by atoms with Gasteiger partial charge in [-0.15, -0.1) is 0 Å². The molecule has 0 aliphatic rings. The summed E-state index contributed by atoms with van der Waals surface area (Å²) in [6.07, 6.45) is 1.95. The molecule has 0 unspecified atom stereocenters. The molecule has 0 aliphatic heterocycles. The summed E-state index contributed by atoms with van der Waals surface area (Å²) in [7, 11) is 1.68. The van der Waals surface area contributed by atoms with Crippen LogP contribution in [0.25, 0.3) is 0 Å². The molecular weight excluding hydrogens is 323 g/mol. The van der Waals surface area contributed by atoms with E-state index in [-0.39, 0.29) is 0 Å². The van der Waals surface area contributed by atoms with E-state index in [9.17, 15) is 0 Å². The molecule has 0 spiro atoms. The topological polar surface area (TPSA) is 27.1 Å².